The largest absolute Gasteiger partial charge is 0.493 e. The fourth-order valence-corrected chi connectivity index (χ4v) is 4.48. The minimum absolute atomic E-state index is 0.274. The maximum absolute atomic E-state index is 13.0. The van der Waals surface area contributed by atoms with Crippen LogP contribution >= 0.6 is 27.7 Å². The Kier molecular flexibility index (Phi) is 6.77. The molecule has 1 saturated heterocycles. The first kappa shape index (κ1) is 22.3. The molecule has 1 fully saturated rings. The number of Topliss-reactive ketones (excluding diaryl/α,β-unsaturated/α-hetero) is 1. The molecule has 0 atom stereocenters. The Labute approximate surface area is 198 Å². The molecule has 162 valence electrons. The van der Waals surface area contributed by atoms with Crippen molar-refractivity contribution in [2.24, 2.45) is 0 Å². The van der Waals surface area contributed by atoms with Gasteiger partial charge < -0.3 is 4.74 Å². The van der Waals surface area contributed by atoms with Gasteiger partial charge in [-0.15, -0.1) is 0 Å². The molecule has 0 N–H and O–H groups in total. The van der Waals surface area contributed by atoms with E-state index in [1.54, 1.807) is 30.3 Å². The van der Waals surface area contributed by atoms with Crippen LogP contribution in [0.2, 0.25) is 0 Å². The number of benzene rings is 3. The van der Waals surface area contributed by atoms with E-state index in [1.165, 1.54) is 0 Å². The topological polar surface area (TPSA) is 63.7 Å². The summed E-state index contributed by atoms with van der Waals surface area (Å²) >= 11 is 4.17. The zero-order chi connectivity index (χ0) is 22.7. The fourth-order valence-electron chi connectivity index (χ4n) is 3.40. The van der Waals surface area contributed by atoms with Gasteiger partial charge in [0.15, 0.2) is 5.78 Å². The van der Waals surface area contributed by atoms with E-state index in [2.05, 4.69) is 15.9 Å². The monoisotopic (exact) mass is 509 g/mol. The SMILES string of the molecule is CCCOc1ccc2ccccc2c1/C=C1\SC(=O)N(CC(=O)c2ccc(Br)cc2)C1=O. The summed E-state index contributed by atoms with van der Waals surface area (Å²) in [6, 6.07) is 18.5. The van der Waals surface area contributed by atoms with Gasteiger partial charge in [-0.1, -0.05) is 65.3 Å². The Morgan fingerprint density at radius 1 is 1.06 bits per heavy atom. The third-order valence-electron chi connectivity index (χ3n) is 5.01. The van der Waals surface area contributed by atoms with E-state index in [4.69, 9.17) is 4.74 Å². The summed E-state index contributed by atoms with van der Waals surface area (Å²) in [4.78, 5) is 39.5. The van der Waals surface area contributed by atoms with Gasteiger partial charge in [0.1, 0.15) is 5.75 Å². The highest BCUT2D eigenvalue weighted by molar-refractivity contribution is 9.10. The highest BCUT2D eigenvalue weighted by atomic mass is 79.9. The quantitative estimate of drug-likeness (QED) is 0.275. The molecule has 4 rings (SSSR count). The van der Waals surface area contributed by atoms with Crippen LogP contribution in [0.1, 0.15) is 29.3 Å². The lowest BCUT2D eigenvalue weighted by Gasteiger charge is -2.13. The zero-order valence-corrected chi connectivity index (χ0v) is 19.7. The van der Waals surface area contributed by atoms with E-state index < -0.39 is 11.1 Å². The predicted octanol–water partition coefficient (Wildman–Crippen LogP) is 6.31. The van der Waals surface area contributed by atoms with Crippen molar-refractivity contribution in [3.05, 3.63) is 81.2 Å². The van der Waals surface area contributed by atoms with Crippen LogP contribution in [0.15, 0.2) is 70.0 Å². The first-order valence-electron chi connectivity index (χ1n) is 10.2. The zero-order valence-electron chi connectivity index (χ0n) is 17.3. The number of thioether (sulfide) groups is 1. The standard InChI is InChI=1S/C25H20BrNO4S/c1-2-13-31-22-12-9-16-5-3-4-6-19(16)20(22)14-23-24(29)27(25(30)32-23)15-21(28)17-7-10-18(26)11-8-17/h3-12,14H,2,13,15H2,1H3/b23-14-. The number of halogens is 1. The maximum Gasteiger partial charge on any atom is 0.293 e. The van der Waals surface area contributed by atoms with Crippen molar-refractivity contribution in [1.82, 2.24) is 4.90 Å². The Morgan fingerprint density at radius 2 is 1.81 bits per heavy atom. The molecule has 1 aliphatic heterocycles. The normalized spacial score (nSPS) is 15.1. The summed E-state index contributed by atoms with van der Waals surface area (Å²) in [6.07, 6.45) is 2.54. The number of fused-ring (bicyclic) bond motifs is 1. The molecule has 0 unspecified atom stereocenters. The molecule has 0 aromatic heterocycles. The van der Waals surface area contributed by atoms with Gasteiger partial charge in [0.2, 0.25) is 0 Å². The van der Waals surface area contributed by atoms with Crippen LogP contribution in [0.4, 0.5) is 4.79 Å². The molecule has 1 aliphatic rings. The first-order chi connectivity index (χ1) is 15.5. The summed E-state index contributed by atoms with van der Waals surface area (Å²) in [5.74, 6) is -0.110. The van der Waals surface area contributed by atoms with Gasteiger partial charge in [-0.05, 0) is 53.2 Å². The summed E-state index contributed by atoms with van der Waals surface area (Å²) in [5, 5.41) is 1.48. The molecule has 7 heteroatoms. The van der Waals surface area contributed by atoms with Crippen LogP contribution in [0, 0.1) is 0 Å². The van der Waals surface area contributed by atoms with Crippen LogP contribution in [-0.4, -0.2) is 35.0 Å². The summed E-state index contributed by atoms with van der Waals surface area (Å²) < 4.78 is 6.75. The van der Waals surface area contributed by atoms with Crippen LogP contribution < -0.4 is 4.74 Å². The number of hydrogen-bond donors (Lipinski definition) is 0. The second-order valence-corrected chi connectivity index (χ2v) is 9.15. The van der Waals surface area contributed by atoms with Crippen LogP contribution in [-0.2, 0) is 4.79 Å². The van der Waals surface area contributed by atoms with Crippen molar-refractivity contribution < 1.29 is 19.1 Å². The predicted molar refractivity (Wildman–Crippen MR) is 131 cm³/mol. The number of rotatable bonds is 7. The number of ketones is 1. The number of hydrogen-bond acceptors (Lipinski definition) is 5. The van der Waals surface area contributed by atoms with E-state index in [9.17, 15) is 14.4 Å². The average Bonchev–Trinajstić information content (AvgIpc) is 3.06. The Balaban J connectivity index is 1.65. The number of carbonyl (C=O) groups is 3. The Hall–Kier alpha value is -2.90. The third kappa shape index (κ3) is 4.64. The Bertz CT molecular complexity index is 1240. The van der Waals surface area contributed by atoms with Gasteiger partial charge >= 0.3 is 0 Å². The molecular formula is C25H20BrNO4S. The molecule has 0 bridgehead atoms. The molecule has 5 nitrogen and oxygen atoms in total. The molecule has 1 heterocycles. The molecule has 0 aliphatic carbocycles. The second-order valence-electron chi connectivity index (χ2n) is 7.24. The maximum atomic E-state index is 13.0. The molecule has 3 aromatic carbocycles. The van der Waals surface area contributed by atoms with Gasteiger partial charge in [0.25, 0.3) is 11.1 Å². The lowest BCUT2D eigenvalue weighted by molar-refractivity contribution is -0.122. The van der Waals surface area contributed by atoms with Gasteiger partial charge in [-0.2, -0.15) is 0 Å². The minimum Gasteiger partial charge on any atom is -0.493 e. The third-order valence-corrected chi connectivity index (χ3v) is 6.45. The van der Waals surface area contributed by atoms with E-state index in [0.29, 0.717) is 17.9 Å². The number of ether oxygens (including phenoxy) is 1. The van der Waals surface area contributed by atoms with Crippen molar-refractivity contribution in [3.63, 3.8) is 0 Å². The van der Waals surface area contributed by atoms with Crippen molar-refractivity contribution in [1.29, 1.82) is 0 Å². The van der Waals surface area contributed by atoms with Crippen LogP contribution in [0.5, 0.6) is 5.75 Å². The van der Waals surface area contributed by atoms with Gasteiger partial charge in [-0.3, -0.25) is 19.3 Å². The molecule has 0 spiro atoms. The van der Waals surface area contributed by atoms with E-state index >= 15 is 0 Å². The molecule has 0 radical (unpaired) electrons. The fraction of sp³-hybridized carbons (Fsp3) is 0.160. The van der Waals surface area contributed by atoms with E-state index in [1.807, 2.05) is 43.3 Å². The van der Waals surface area contributed by atoms with Crippen LogP contribution in [0.25, 0.3) is 16.8 Å². The van der Waals surface area contributed by atoms with Gasteiger partial charge in [-0.25, -0.2) is 0 Å². The van der Waals surface area contributed by atoms with E-state index in [0.717, 1.165) is 43.9 Å². The summed E-state index contributed by atoms with van der Waals surface area (Å²) in [5.41, 5.74) is 1.20. The number of amides is 2. The summed E-state index contributed by atoms with van der Waals surface area (Å²) in [7, 11) is 0. The second kappa shape index (κ2) is 9.71. The first-order valence-corrected chi connectivity index (χ1v) is 11.8. The Morgan fingerprint density at radius 3 is 2.56 bits per heavy atom. The van der Waals surface area contributed by atoms with Crippen molar-refractivity contribution in [2.45, 2.75) is 13.3 Å². The molecule has 2 amide bonds. The average molecular weight is 510 g/mol. The molecule has 3 aromatic rings. The lowest BCUT2D eigenvalue weighted by atomic mass is 10.0. The minimum atomic E-state index is -0.472. The smallest absolute Gasteiger partial charge is 0.293 e. The molecular weight excluding hydrogens is 490 g/mol. The van der Waals surface area contributed by atoms with Crippen molar-refractivity contribution in [3.8, 4) is 5.75 Å². The van der Waals surface area contributed by atoms with Gasteiger partial charge in [0, 0.05) is 15.6 Å². The number of imide groups is 1. The molecule has 32 heavy (non-hydrogen) atoms. The lowest BCUT2D eigenvalue weighted by Crippen LogP contribution is -2.33. The number of carbonyl (C=O) groups excluding carboxylic acids is 3. The highest BCUT2D eigenvalue weighted by Gasteiger charge is 2.36. The molecule has 0 saturated carbocycles. The van der Waals surface area contributed by atoms with Gasteiger partial charge in [0.05, 0.1) is 18.1 Å². The highest BCUT2D eigenvalue weighted by Crippen LogP contribution is 2.37. The van der Waals surface area contributed by atoms with Crippen LogP contribution in [0.3, 0.4) is 0 Å². The summed E-state index contributed by atoms with van der Waals surface area (Å²) in [6.45, 7) is 2.27. The van der Waals surface area contributed by atoms with Crippen molar-refractivity contribution in [2.75, 3.05) is 13.2 Å². The van der Waals surface area contributed by atoms with Crippen molar-refractivity contribution >= 4 is 61.5 Å². The number of nitrogens with zero attached hydrogens (tertiary/aromatic N) is 1. The van der Waals surface area contributed by atoms with E-state index in [-0.39, 0.29) is 17.2 Å².